The summed E-state index contributed by atoms with van der Waals surface area (Å²) < 4.78 is 15.2. The molecule has 0 spiro atoms. The smallest absolute Gasteiger partial charge is 0.276 e. The number of piperidine rings is 1. The normalized spacial score (nSPS) is 25.1. The summed E-state index contributed by atoms with van der Waals surface area (Å²) in [6.07, 6.45) is 4.90. The maximum Gasteiger partial charge on any atom is 0.276 e. The zero-order chi connectivity index (χ0) is 19.1. The molecule has 27 heavy (non-hydrogen) atoms. The van der Waals surface area contributed by atoms with Crippen molar-refractivity contribution in [3.8, 4) is 0 Å². The predicted molar refractivity (Wildman–Crippen MR) is 101 cm³/mol. The van der Waals surface area contributed by atoms with Gasteiger partial charge in [0.15, 0.2) is 5.69 Å². The van der Waals surface area contributed by atoms with Crippen LogP contribution < -0.4 is 10.7 Å². The molecule has 2 saturated heterocycles. The van der Waals surface area contributed by atoms with Gasteiger partial charge in [0, 0.05) is 30.1 Å². The van der Waals surface area contributed by atoms with Gasteiger partial charge in [-0.05, 0) is 57.4 Å². The molecule has 0 radical (unpaired) electrons. The molecule has 0 saturated carbocycles. The van der Waals surface area contributed by atoms with Crippen molar-refractivity contribution < 1.29 is 9.18 Å². The minimum absolute atomic E-state index is 0.0657. The second kappa shape index (κ2) is 7.03. The summed E-state index contributed by atoms with van der Waals surface area (Å²) in [5.74, 6) is -0.849. The maximum absolute atomic E-state index is 13.6. The molecule has 7 heteroatoms. The molecule has 1 aromatic carbocycles. The van der Waals surface area contributed by atoms with Crippen LogP contribution in [-0.4, -0.2) is 45.8 Å². The Balaban J connectivity index is 1.65. The summed E-state index contributed by atoms with van der Waals surface area (Å²) in [7, 11) is 2.15. The highest BCUT2D eigenvalue weighted by atomic mass is 19.1. The molecule has 144 valence electrons. The first-order valence-corrected chi connectivity index (χ1v) is 9.71. The van der Waals surface area contributed by atoms with Crippen LogP contribution in [0.2, 0.25) is 0 Å². The molecule has 2 unspecified atom stereocenters. The molecule has 3 heterocycles. The third-order valence-electron chi connectivity index (χ3n) is 6.00. The first kappa shape index (κ1) is 18.1. The van der Waals surface area contributed by atoms with Crippen molar-refractivity contribution in [2.24, 2.45) is 0 Å². The lowest BCUT2D eigenvalue weighted by molar-refractivity contribution is 0.0874. The van der Waals surface area contributed by atoms with E-state index in [1.165, 1.54) is 18.2 Å². The topological polar surface area (TPSA) is 67.2 Å². The zero-order valence-corrected chi connectivity index (χ0v) is 15.7. The maximum atomic E-state index is 13.6. The number of halogens is 1. The van der Waals surface area contributed by atoms with Gasteiger partial charge in [-0.2, -0.15) is 5.10 Å². The fraction of sp³-hybridized carbons (Fsp3) is 0.550. The average molecular weight is 372 g/mol. The van der Waals surface area contributed by atoms with E-state index in [-0.39, 0.29) is 11.7 Å². The molecule has 1 amide bonds. The van der Waals surface area contributed by atoms with E-state index in [2.05, 4.69) is 22.4 Å². The number of aryl methyl sites for hydroxylation is 1. The van der Waals surface area contributed by atoms with Crippen molar-refractivity contribution in [2.75, 3.05) is 7.05 Å². The molecule has 6 nitrogen and oxygen atoms in total. The summed E-state index contributed by atoms with van der Waals surface area (Å²) in [4.78, 5) is 28.0. The number of fused-ring (bicyclic) bond motifs is 3. The van der Waals surface area contributed by atoms with Gasteiger partial charge in [-0.25, -0.2) is 4.39 Å². The van der Waals surface area contributed by atoms with Crippen LogP contribution in [0.1, 0.15) is 49.5 Å². The van der Waals surface area contributed by atoms with Crippen LogP contribution in [0.5, 0.6) is 0 Å². The first-order chi connectivity index (χ1) is 13.0. The number of rotatable bonds is 4. The van der Waals surface area contributed by atoms with E-state index in [1.807, 2.05) is 6.92 Å². The summed E-state index contributed by atoms with van der Waals surface area (Å²) in [5, 5.41) is 7.63. The van der Waals surface area contributed by atoms with E-state index in [0.717, 1.165) is 32.1 Å². The van der Waals surface area contributed by atoms with E-state index >= 15 is 0 Å². The van der Waals surface area contributed by atoms with Crippen molar-refractivity contribution in [3.05, 3.63) is 39.9 Å². The van der Waals surface area contributed by atoms with E-state index in [1.54, 1.807) is 4.68 Å². The van der Waals surface area contributed by atoms with Crippen LogP contribution in [0.15, 0.2) is 23.0 Å². The summed E-state index contributed by atoms with van der Waals surface area (Å²) in [6, 6.07) is 5.05. The fourth-order valence-corrected chi connectivity index (χ4v) is 4.57. The average Bonchev–Trinajstić information content (AvgIpc) is 2.85. The summed E-state index contributed by atoms with van der Waals surface area (Å²) in [6.45, 7) is 2.48. The van der Waals surface area contributed by atoms with Crippen LogP contribution in [-0.2, 0) is 6.54 Å². The van der Waals surface area contributed by atoms with Gasteiger partial charge in [-0.15, -0.1) is 0 Å². The van der Waals surface area contributed by atoms with Gasteiger partial charge in [-0.1, -0.05) is 6.92 Å². The molecule has 2 aromatic rings. The highest BCUT2D eigenvalue weighted by molar-refractivity contribution is 5.95. The third-order valence-corrected chi connectivity index (χ3v) is 6.00. The fourth-order valence-electron chi connectivity index (χ4n) is 4.57. The Morgan fingerprint density at radius 2 is 2.00 bits per heavy atom. The van der Waals surface area contributed by atoms with Crippen molar-refractivity contribution >= 4 is 16.8 Å². The molecule has 1 aromatic heterocycles. The standard InChI is InChI=1S/C20H25FN4O2/c1-3-8-25-17-9-12(21)4-7-16(17)19(26)18(23-25)20(27)22-13-10-14-5-6-15(11-13)24(14)2/h4,7,9,13-15H,3,5-6,8,10-11H2,1-2H3,(H,22,27). The molecular formula is C20H25FN4O2. The van der Waals surface area contributed by atoms with Gasteiger partial charge in [-0.3, -0.25) is 14.3 Å². The van der Waals surface area contributed by atoms with Crippen molar-refractivity contribution in [1.82, 2.24) is 20.0 Å². The highest BCUT2D eigenvalue weighted by Crippen LogP contribution is 2.34. The van der Waals surface area contributed by atoms with Gasteiger partial charge >= 0.3 is 0 Å². The molecule has 4 rings (SSSR count). The van der Waals surface area contributed by atoms with Crippen molar-refractivity contribution in [3.63, 3.8) is 0 Å². The number of hydrogen-bond donors (Lipinski definition) is 1. The van der Waals surface area contributed by atoms with Crippen molar-refractivity contribution in [1.29, 1.82) is 0 Å². The number of nitrogens with zero attached hydrogens (tertiary/aromatic N) is 3. The first-order valence-electron chi connectivity index (χ1n) is 9.71. The highest BCUT2D eigenvalue weighted by Gasteiger charge is 2.39. The van der Waals surface area contributed by atoms with Gasteiger partial charge < -0.3 is 10.2 Å². The van der Waals surface area contributed by atoms with Gasteiger partial charge in [0.1, 0.15) is 5.82 Å². The van der Waals surface area contributed by atoms with Crippen LogP contribution in [0.4, 0.5) is 4.39 Å². The Morgan fingerprint density at radius 3 is 2.67 bits per heavy atom. The number of amides is 1. The summed E-state index contributed by atoms with van der Waals surface area (Å²) in [5.41, 5.74) is -0.115. The second-order valence-corrected chi connectivity index (χ2v) is 7.75. The number of carbonyl (C=O) groups excluding carboxylic acids is 1. The molecular weight excluding hydrogens is 347 g/mol. The minimum Gasteiger partial charge on any atom is -0.348 e. The number of nitrogens with one attached hydrogen (secondary N) is 1. The SMILES string of the molecule is CCCn1nc(C(=O)NC2CC3CCC(C2)N3C)c(=O)c2ccc(F)cc21. The zero-order valence-electron chi connectivity index (χ0n) is 15.7. The Labute approximate surface area is 157 Å². The van der Waals surface area contributed by atoms with E-state index in [9.17, 15) is 14.0 Å². The molecule has 2 bridgehead atoms. The van der Waals surface area contributed by atoms with Gasteiger partial charge in [0.05, 0.1) is 5.52 Å². The monoisotopic (exact) mass is 372 g/mol. The van der Waals surface area contributed by atoms with Crippen LogP contribution >= 0.6 is 0 Å². The number of hydrogen-bond acceptors (Lipinski definition) is 4. The molecule has 0 aliphatic carbocycles. The predicted octanol–water partition coefficient (Wildman–Crippen LogP) is 2.30. The minimum atomic E-state index is -0.439. The lowest BCUT2D eigenvalue weighted by Crippen LogP contribution is -2.49. The van der Waals surface area contributed by atoms with Crippen LogP contribution in [0, 0.1) is 5.82 Å². The number of benzene rings is 1. The summed E-state index contributed by atoms with van der Waals surface area (Å²) >= 11 is 0. The quantitative estimate of drug-likeness (QED) is 0.894. The molecule has 2 aliphatic rings. The van der Waals surface area contributed by atoms with E-state index < -0.39 is 17.2 Å². The van der Waals surface area contributed by atoms with E-state index in [0.29, 0.717) is 29.5 Å². The number of aromatic nitrogens is 2. The Bertz CT molecular complexity index is 927. The van der Waals surface area contributed by atoms with Crippen molar-refractivity contribution in [2.45, 2.75) is 63.7 Å². The molecule has 2 fully saturated rings. The lowest BCUT2D eigenvalue weighted by atomic mass is 9.98. The van der Waals surface area contributed by atoms with E-state index in [4.69, 9.17) is 0 Å². The van der Waals surface area contributed by atoms with Crippen LogP contribution in [0.3, 0.4) is 0 Å². The molecule has 2 aliphatic heterocycles. The lowest BCUT2D eigenvalue weighted by Gasteiger charge is -2.36. The Morgan fingerprint density at radius 1 is 1.30 bits per heavy atom. The molecule has 1 N–H and O–H groups in total. The Kier molecular flexibility index (Phi) is 4.72. The van der Waals surface area contributed by atoms with Crippen LogP contribution in [0.25, 0.3) is 10.9 Å². The second-order valence-electron chi connectivity index (χ2n) is 7.75. The van der Waals surface area contributed by atoms with Gasteiger partial charge in [0.2, 0.25) is 5.43 Å². The van der Waals surface area contributed by atoms with Gasteiger partial charge in [0.25, 0.3) is 5.91 Å². The third kappa shape index (κ3) is 3.25. The number of carbonyl (C=O) groups is 1. The molecule has 2 atom stereocenters. The Hall–Kier alpha value is -2.28. The largest absolute Gasteiger partial charge is 0.348 e.